The predicted octanol–water partition coefficient (Wildman–Crippen LogP) is 2.42. The Bertz CT molecular complexity index is 738. The maximum Gasteiger partial charge on any atom is 0.254 e. The minimum Gasteiger partial charge on any atom is -0.367 e. The Kier molecular flexibility index (Phi) is 3.65. The summed E-state index contributed by atoms with van der Waals surface area (Å²) in [5.41, 5.74) is 4.53. The Morgan fingerprint density at radius 1 is 1.35 bits per heavy atom. The highest BCUT2D eigenvalue weighted by Crippen LogP contribution is 2.25. The average Bonchev–Trinajstić information content (AvgIpc) is 3.22. The zero-order valence-electron chi connectivity index (χ0n) is 13.3. The van der Waals surface area contributed by atoms with Gasteiger partial charge in [-0.15, -0.1) is 0 Å². The van der Waals surface area contributed by atoms with E-state index in [4.69, 9.17) is 4.74 Å². The number of nitrogens with one attached hydrogen (secondary N) is 1. The topological polar surface area (TPSA) is 58.2 Å². The fraction of sp³-hybridized carbons (Fsp3) is 0.444. The van der Waals surface area contributed by atoms with Crippen molar-refractivity contribution in [3.05, 3.63) is 52.6 Å². The van der Waals surface area contributed by atoms with Crippen molar-refractivity contribution >= 4 is 5.91 Å². The number of carbonyl (C=O) groups excluding carboxylic acids is 1. The second-order valence-electron chi connectivity index (χ2n) is 6.40. The summed E-state index contributed by atoms with van der Waals surface area (Å²) in [6, 6.07) is 6.16. The maximum atomic E-state index is 12.8. The number of nitrogens with zero attached hydrogens (tertiary/aromatic N) is 2. The van der Waals surface area contributed by atoms with Crippen molar-refractivity contribution in [1.29, 1.82) is 0 Å². The highest BCUT2D eigenvalue weighted by molar-refractivity contribution is 5.94. The Hall–Kier alpha value is -2.14. The van der Waals surface area contributed by atoms with Gasteiger partial charge in [0.25, 0.3) is 5.91 Å². The van der Waals surface area contributed by atoms with Crippen molar-refractivity contribution < 1.29 is 9.53 Å². The van der Waals surface area contributed by atoms with Gasteiger partial charge in [0, 0.05) is 24.0 Å². The lowest BCUT2D eigenvalue weighted by atomic mass is 10.1. The van der Waals surface area contributed by atoms with E-state index in [1.54, 1.807) is 6.20 Å². The van der Waals surface area contributed by atoms with Crippen LogP contribution in [0.3, 0.4) is 0 Å². The molecule has 1 N–H and O–H groups in total. The number of benzene rings is 1. The van der Waals surface area contributed by atoms with Crippen molar-refractivity contribution in [2.24, 2.45) is 0 Å². The standard InChI is InChI=1S/C18H21N3O2/c1-12-10-19-17(20-12)16-11-21(7-8-23-16)18(22)15-6-5-13-3-2-4-14(13)9-15/h5-6,9-10,16H,2-4,7-8,11H2,1H3,(H,19,20). The Labute approximate surface area is 135 Å². The summed E-state index contributed by atoms with van der Waals surface area (Å²) in [6.07, 6.45) is 5.05. The number of morpholine rings is 1. The molecule has 0 spiro atoms. The van der Waals surface area contributed by atoms with Gasteiger partial charge < -0.3 is 14.6 Å². The number of aromatic amines is 1. The van der Waals surface area contributed by atoms with Crippen LogP contribution in [0.25, 0.3) is 0 Å². The third-order valence-electron chi connectivity index (χ3n) is 4.73. The van der Waals surface area contributed by atoms with E-state index in [0.717, 1.165) is 29.9 Å². The molecule has 1 amide bonds. The van der Waals surface area contributed by atoms with E-state index >= 15 is 0 Å². The number of rotatable bonds is 2. The number of H-pyrrole nitrogens is 1. The quantitative estimate of drug-likeness (QED) is 0.926. The Morgan fingerprint density at radius 2 is 2.22 bits per heavy atom. The van der Waals surface area contributed by atoms with Crippen LogP contribution in [0.1, 0.15) is 45.5 Å². The summed E-state index contributed by atoms with van der Waals surface area (Å²) >= 11 is 0. The number of ether oxygens (including phenoxy) is 1. The van der Waals surface area contributed by atoms with Gasteiger partial charge in [0.05, 0.1) is 13.2 Å². The smallest absolute Gasteiger partial charge is 0.254 e. The van der Waals surface area contributed by atoms with Gasteiger partial charge in [-0.25, -0.2) is 4.98 Å². The third kappa shape index (κ3) is 2.77. The first-order valence-corrected chi connectivity index (χ1v) is 8.25. The Morgan fingerprint density at radius 3 is 3.04 bits per heavy atom. The first-order valence-electron chi connectivity index (χ1n) is 8.25. The molecule has 2 heterocycles. The average molecular weight is 311 g/mol. The van der Waals surface area contributed by atoms with Gasteiger partial charge in [0.15, 0.2) is 0 Å². The molecule has 5 heteroatoms. The number of fused-ring (bicyclic) bond motifs is 1. The summed E-state index contributed by atoms with van der Waals surface area (Å²) < 4.78 is 5.78. The second-order valence-corrected chi connectivity index (χ2v) is 6.40. The van der Waals surface area contributed by atoms with Gasteiger partial charge in [-0.05, 0) is 49.4 Å². The molecule has 1 fully saturated rings. The van der Waals surface area contributed by atoms with Crippen LogP contribution in [0.2, 0.25) is 0 Å². The van der Waals surface area contributed by atoms with Crippen LogP contribution < -0.4 is 0 Å². The fourth-order valence-electron chi connectivity index (χ4n) is 3.48. The van der Waals surface area contributed by atoms with Crippen LogP contribution in [-0.2, 0) is 17.6 Å². The molecule has 1 aromatic carbocycles. The van der Waals surface area contributed by atoms with E-state index in [-0.39, 0.29) is 12.0 Å². The number of carbonyl (C=O) groups is 1. The normalized spacial score (nSPS) is 20.6. The summed E-state index contributed by atoms with van der Waals surface area (Å²) in [7, 11) is 0. The molecule has 5 nitrogen and oxygen atoms in total. The van der Waals surface area contributed by atoms with E-state index in [9.17, 15) is 4.79 Å². The first-order chi connectivity index (χ1) is 11.2. The summed E-state index contributed by atoms with van der Waals surface area (Å²) in [5.74, 6) is 0.894. The third-order valence-corrected chi connectivity index (χ3v) is 4.73. The summed E-state index contributed by atoms with van der Waals surface area (Å²) in [4.78, 5) is 22.2. The molecule has 1 saturated heterocycles. The lowest BCUT2D eigenvalue weighted by Gasteiger charge is -2.32. The monoisotopic (exact) mass is 311 g/mol. The van der Waals surface area contributed by atoms with E-state index in [1.165, 1.54) is 17.5 Å². The molecular weight excluding hydrogens is 290 g/mol. The molecule has 0 radical (unpaired) electrons. The number of imidazole rings is 1. The molecular formula is C18H21N3O2. The molecule has 4 rings (SSSR count). The van der Waals surface area contributed by atoms with Crippen LogP contribution in [-0.4, -0.2) is 40.5 Å². The van der Waals surface area contributed by atoms with Gasteiger partial charge in [-0.3, -0.25) is 4.79 Å². The van der Waals surface area contributed by atoms with Gasteiger partial charge in [0.2, 0.25) is 0 Å². The van der Waals surface area contributed by atoms with Crippen molar-refractivity contribution in [2.45, 2.75) is 32.3 Å². The summed E-state index contributed by atoms with van der Waals surface area (Å²) in [5, 5.41) is 0. The number of amides is 1. The van der Waals surface area contributed by atoms with E-state index in [0.29, 0.717) is 19.7 Å². The molecule has 2 aromatic rings. The van der Waals surface area contributed by atoms with Crippen molar-refractivity contribution in [3.8, 4) is 0 Å². The lowest BCUT2D eigenvalue weighted by molar-refractivity contribution is -0.0264. The SMILES string of the molecule is Cc1cnc(C2CN(C(=O)c3ccc4c(c3)CCC4)CCO2)[nH]1. The molecule has 1 atom stereocenters. The zero-order valence-corrected chi connectivity index (χ0v) is 13.3. The molecule has 23 heavy (non-hydrogen) atoms. The van der Waals surface area contributed by atoms with Crippen molar-refractivity contribution in [2.75, 3.05) is 19.7 Å². The van der Waals surface area contributed by atoms with Crippen LogP contribution in [0, 0.1) is 6.92 Å². The molecule has 0 saturated carbocycles. The zero-order chi connectivity index (χ0) is 15.8. The molecule has 1 aromatic heterocycles. The van der Waals surface area contributed by atoms with Crippen LogP contribution in [0.5, 0.6) is 0 Å². The predicted molar refractivity (Wildman–Crippen MR) is 86.4 cm³/mol. The van der Waals surface area contributed by atoms with E-state index in [2.05, 4.69) is 22.1 Å². The number of aryl methyl sites for hydroxylation is 3. The largest absolute Gasteiger partial charge is 0.367 e. The van der Waals surface area contributed by atoms with E-state index in [1.807, 2.05) is 17.9 Å². The van der Waals surface area contributed by atoms with Gasteiger partial charge in [-0.2, -0.15) is 0 Å². The van der Waals surface area contributed by atoms with Crippen molar-refractivity contribution in [1.82, 2.24) is 14.9 Å². The van der Waals surface area contributed by atoms with Crippen molar-refractivity contribution in [3.63, 3.8) is 0 Å². The van der Waals surface area contributed by atoms with Gasteiger partial charge >= 0.3 is 0 Å². The maximum absolute atomic E-state index is 12.8. The second kappa shape index (κ2) is 5.81. The number of hydrogen-bond acceptors (Lipinski definition) is 3. The molecule has 120 valence electrons. The fourth-order valence-corrected chi connectivity index (χ4v) is 3.48. The first kappa shape index (κ1) is 14.5. The number of aromatic nitrogens is 2. The van der Waals surface area contributed by atoms with Crippen LogP contribution in [0.15, 0.2) is 24.4 Å². The highest BCUT2D eigenvalue weighted by Gasteiger charge is 2.28. The molecule has 1 aliphatic carbocycles. The highest BCUT2D eigenvalue weighted by atomic mass is 16.5. The van der Waals surface area contributed by atoms with E-state index < -0.39 is 0 Å². The van der Waals surface area contributed by atoms with Gasteiger partial charge in [0.1, 0.15) is 11.9 Å². The molecule has 0 bridgehead atoms. The minimum absolute atomic E-state index is 0.0938. The molecule has 1 aliphatic heterocycles. The van der Waals surface area contributed by atoms with Crippen LogP contribution in [0.4, 0.5) is 0 Å². The molecule has 1 unspecified atom stereocenters. The van der Waals surface area contributed by atoms with Gasteiger partial charge in [-0.1, -0.05) is 6.07 Å². The van der Waals surface area contributed by atoms with Crippen LogP contribution >= 0.6 is 0 Å². The lowest BCUT2D eigenvalue weighted by Crippen LogP contribution is -2.42. The summed E-state index contributed by atoms with van der Waals surface area (Å²) in [6.45, 7) is 3.68. The number of hydrogen-bond donors (Lipinski definition) is 1. The molecule has 2 aliphatic rings. The Balaban J connectivity index is 1.51. The minimum atomic E-state index is -0.171.